The molecule has 2 aromatic rings. The monoisotopic (exact) mass is 496 g/mol. The number of benzene rings is 2. The lowest BCUT2D eigenvalue weighted by atomic mass is 9.71. The maximum atomic E-state index is 12.5. The molecule has 1 N–H and O–H groups in total. The highest BCUT2D eigenvalue weighted by molar-refractivity contribution is 6.30. The minimum Gasteiger partial charge on any atom is -0.475 e. The minimum absolute atomic E-state index is 0.241. The molecule has 0 saturated carbocycles. The Morgan fingerprint density at radius 1 is 1.03 bits per heavy atom. The number of hydrogen-bond acceptors (Lipinski definition) is 3. The number of carbonyl (C=O) groups is 2. The van der Waals surface area contributed by atoms with Gasteiger partial charge in [-0.3, -0.25) is 9.69 Å². The van der Waals surface area contributed by atoms with Gasteiger partial charge in [-0.15, -0.1) is 0 Å². The van der Waals surface area contributed by atoms with E-state index in [-0.39, 0.29) is 5.91 Å². The highest BCUT2D eigenvalue weighted by Gasteiger charge is 2.46. The third-order valence-electron chi connectivity index (χ3n) is 6.49. The topological polar surface area (TPSA) is 60.9 Å². The normalized spacial score (nSPS) is 17.5. The number of aliphatic carboxylic acids is 1. The lowest BCUT2D eigenvalue weighted by molar-refractivity contribution is -0.192. The molecule has 2 heterocycles. The molecule has 0 atom stereocenters. The molecule has 2 aromatic carbocycles. The van der Waals surface area contributed by atoms with Crippen LogP contribution < -0.4 is 0 Å². The smallest absolute Gasteiger partial charge is 0.475 e. The number of carboxylic acid groups (broad SMARTS) is 1. The molecular weight excluding hydrogens is 469 g/mol. The van der Waals surface area contributed by atoms with Gasteiger partial charge in [0.25, 0.3) is 0 Å². The average molecular weight is 497 g/mol. The van der Waals surface area contributed by atoms with Crippen LogP contribution >= 0.6 is 11.6 Å². The highest BCUT2D eigenvalue weighted by atomic mass is 35.5. The molecule has 2 aliphatic heterocycles. The van der Waals surface area contributed by atoms with E-state index >= 15 is 0 Å². The van der Waals surface area contributed by atoms with Gasteiger partial charge < -0.3 is 10.0 Å². The van der Waals surface area contributed by atoms with E-state index < -0.39 is 12.1 Å². The summed E-state index contributed by atoms with van der Waals surface area (Å²) in [6.07, 6.45) is -2.21. The molecule has 2 saturated heterocycles. The summed E-state index contributed by atoms with van der Waals surface area (Å²) in [7, 11) is 0. The van der Waals surface area contributed by atoms with Crippen molar-refractivity contribution in [3.05, 3.63) is 70.2 Å². The van der Waals surface area contributed by atoms with Crippen molar-refractivity contribution in [2.75, 3.05) is 26.2 Å². The SMILES string of the molecule is Cc1ccccc1CN1CCC2(CC1)CN(C(=O)Cc1ccc(Cl)cc1)C2.O=C(O)C(F)(F)F. The van der Waals surface area contributed by atoms with E-state index in [1.807, 2.05) is 29.2 Å². The summed E-state index contributed by atoms with van der Waals surface area (Å²) in [5.74, 6) is -2.52. The van der Waals surface area contributed by atoms with Crippen LogP contribution in [0.25, 0.3) is 0 Å². The van der Waals surface area contributed by atoms with Gasteiger partial charge >= 0.3 is 12.1 Å². The van der Waals surface area contributed by atoms with Crippen molar-refractivity contribution in [3.8, 4) is 0 Å². The molecule has 0 aliphatic carbocycles. The van der Waals surface area contributed by atoms with E-state index in [0.717, 1.165) is 38.3 Å². The van der Waals surface area contributed by atoms with E-state index in [9.17, 15) is 18.0 Å². The van der Waals surface area contributed by atoms with E-state index in [4.69, 9.17) is 21.5 Å². The van der Waals surface area contributed by atoms with Gasteiger partial charge in [0.2, 0.25) is 5.91 Å². The fourth-order valence-electron chi connectivity index (χ4n) is 4.36. The van der Waals surface area contributed by atoms with Gasteiger partial charge in [-0.05, 0) is 61.7 Å². The summed E-state index contributed by atoms with van der Waals surface area (Å²) in [5, 5.41) is 7.84. The number of carboxylic acids is 1. The van der Waals surface area contributed by atoms with Crippen LogP contribution in [0.2, 0.25) is 5.02 Å². The van der Waals surface area contributed by atoms with Crippen LogP contribution in [0.3, 0.4) is 0 Å². The van der Waals surface area contributed by atoms with Crippen LogP contribution in [0.5, 0.6) is 0 Å². The number of rotatable bonds is 4. The van der Waals surface area contributed by atoms with Crippen molar-refractivity contribution in [2.45, 2.75) is 38.9 Å². The lowest BCUT2D eigenvalue weighted by Crippen LogP contribution is -2.62. The number of halogens is 4. The molecule has 4 rings (SSSR count). The third kappa shape index (κ3) is 6.96. The Kier molecular flexibility index (Phi) is 8.25. The molecule has 1 amide bonds. The second-order valence-corrected chi connectivity index (χ2v) is 9.50. The van der Waals surface area contributed by atoms with Crippen LogP contribution in [0.15, 0.2) is 48.5 Å². The molecule has 34 heavy (non-hydrogen) atoms. The lowest BCUT2D eigenvalue weighted by Gasteiger charge is -2.54. The van der Waals surface area contributed by atoms with Crippen molar-refractivity contribution in [1.29, 1.82) is 0 Å². The Morgan fingerprint density at radius 2 is 1.59 bits per heavy atom. The third-order valence-corrected chi connectivity index (χ3v) is 6.74. The fraction of sp³-hybridized carbons (Fsp3) is 0.440. The molecule has 1 spiro atoms. The van der Waals surface area contributed by atoms with Crippen LogP contribution in [0.4, 0.5) is 13.2 Å². The molecule has 0 unspecified atom stereocenters. The summed E-state index contributed by atoms with van der Waals surface area (Å²) in [6.45, 7) is 7.36. The van der Waals surface area contributed by atoms with Crippen molar-refractivity contribution in [1.82, 2.24) is 9.80 Å². The van der Waals surface area contributed by atoms with Gasteiger partial charge in [-0.1, -0.05) is 48.0 Å². The standard InChI is InChI=1S/C23H27ClN2O.C2HF3O2/c1-18-4-2-3-5-20(18)15-25-12-10-23(11-13-25)16-26(17-23)22(27)14-19-6-8-21(24)9-7-19;3-2(4,5)1(6)7/h2-9H,10-17H2,1H3;(H,6,7). The van der Waals surface area contributed by atoms with Gasteiger partial charge in [0, 0.05) is 30.1 Å². The maximum absolute atomic E-state index is 12.5. The molecule has 0 radical (unpaired) electrons. The van der Waals surface area contributed by atoms with Crippen LogP contribution in [-0.4, -0.2) is 59.1 Å². The van der Waals surface area contributed by atoms with Crippen LogP contribution in [0, 0.1) is 12.3 Å². The zero-order valence-electron chi connectivity index (χ0n) is 18.9. The van der Waals surface area contributed by atoms with Crippen LogP contribution in [-0.2, 0) is 22.6 Å². The Labute approximate surface area is 202 Å². The second kappa shape index (κ2) is 10.8. The largest absolute Gasteiger partial charge is 0.490 e. The summed E-state index contributed by atoms with van der Waals surface area (Å²) in [4.78, 5) is 26.0. The van der Waals surface area contributed by atoms with Gasteiger partial charge in [0.1, 0.15) is 0 Å². The summed E-state index contributed by atoms with van der Waals surface area (Å²) >= 11 is 5.92. The fourth-order valence-corrected chi connectivity index (χ4v) is 4.48. The molecule has 2 fully saturated rings. The number of aryl methyl sites for hydroxylation is 1. The molecule has 184 valence electrons. The van der Waals surface area contributed by atoms with Gasteiger partial charge in [0.05, 0.1) is 6.42 Å². The Balaban J connectivity index is 0.000000406. The molecule has 0 aromatic heterocycles. The van der Waals surface area contributed by atoms with Gasteiger partial charge in [0.15, 0.2) is 0 Å². The molecule has 5 nitrogen and oxygen atoms in total. The first-order valence-electron chi connectivity index (χ1n) is 11.1. The Bertz CT molecular complexity index is 995. The summed E-state index contributed by atoms with van der Waals surface area (Å²) < 4.78 is 31.7. The minimum atomic E-state index is -5.08. The quantitative estimate of drug-likeness (QED) is 0.650. The number of nitrogens with zero attached hydrogens (tertiary/aromatic N) is 2. The average Bonchev–Trinajstić information content (AvgIpc) is 2.76. The number of piperidine rings is 1. The summed E-state index contributed by atoms with van der Waals surface area (Å²) in [6, 6.07) is 16.3. The zero-order valence-corrected chi connectivity index (χ0v) is 19.7. The predicted octanol–water partition coefficient (Wildman–Crippen LogP) is 4.95. The van der Waals surface area contributed by atoms with Gasteiger partial charge in [-0.2, -0.15) is 13.2 Å². The Hall–Kier alpha value is -2.58. The van der Waals surface area contributed by atoms with E-state index in [0.29, 0.717) is 16.9 Å². The van der Waals surface area contributed by atoms with E-state index in [1.165, 1.54) is 24.0 Å². The number of hydrogen-bond donors (Lipinski definition) is 1. The molecular formula is C25H28ClF3N2O3. The zero-order chi connectivity index (χ0) is 24.9. The number of amides is 1. The van der Waals surface area contributed by atoms with Gasteiger partial charge in [-0.25, -0.2) is 4.79 Å². The molecule has 0 bridgehead atoms. The molecule has 2 aliphatic rings. The number of alkyl halides is 3. The maximum Gasteiger partial charge on any atom is 0.490 e. The molecule has 9 heteroatoms. The Morgan fingerprint density at radius 3 is 2.12 bits per heavy atom. The predicted molar refractivity (Wildman–Crippen MR) is 124 cm³/mol. The second-order valence-electron chi connectivity index (χ2n) is 9.06. The van der Waals surface area contributed by atoms with Crippen molar-refractivity contribution >= 4 is 23.5 Å². The highest BCUT2D eigenvalue weighted by Crippen LogP contribution is 2.41. The van der Waals surface area contributed by atoms with Crippen molar-refractivity contribution in [2.24, 2.45) is 5.41 Å². The van der Waals surface area contributed by atoms with Crippen molar-refractivity contribution < 1.29 is 27.9 Å². The summed E-state index contributed by atoms with van der Waals surface area (Å²) in [5.41, 5.74) is 4.21. The first kappa shape index (κ1) is 26.0. The van der Waals surface area contributed by atoms with E-state index in [1.54, 1.807) is 0 Å². The first-order chi connectivity index (χ1) is 16.0. The number of likely N-dealkylation sites (tertiary alicyclic amines) is 2. The van der Waals surface area contributed by atoms with Crippen LogP contribution in [0.1, 0.15) is 29.5 Å². The van der Waals surface area contributed by atoms with Crippen molar-refractivity contribution in [3.63, 3.8) is 0 Å². The number of carbonyl (C=O) groups excluding carboxylic acids is 1. The first-order valence-corrected chi connectivity index (χ1v) is 11.4. The van der Waals surface area contributed by atoms with E-state index in [2.05, 4.69) is 36.1 Å².